The van der Waals surface area contributed by atoms with Crippen molar-refractivity contribution in [3.63, 3.8) is 0 Å². The number of esters is 4. The van der Waals surface area contributed by atoms with E-state index in [0.717, 1.165) is 114 Å². The molecule has 0 aromatic rings. The fourth-order valence-electron chi connectivity index (χ4n) is 13.3. The first kappa shape index (κ1) is 103. The largest absolute Gasteiger partial charge is 0.472 e. The zero-order valence-electron chi connectivity index (χ0n) is 69.4. The Bertz CT molecular complexity index is 2040. The van der Waals surface area contributed by atoms with Crippen LogP contribution in [0.4, 0.5) is 0 Å². The molecule has 0 heterocycles. The number of carbonyl (C=O) groups is 4. The van der Waals surface area contributed by atoms with Gasteiger partial charge < -0.3 is 33.8 Å². The minimum absolute atomic E-state index is 0.106. The van der Waals surface area contributed by atoms with Crippen LogP contribution >= 0.6 is 15.6 Å². The molecule has 0 amide bonds. The van der Waals surface area contributed by atoms with Crippen LogP contribution in [0.3, 0.4) is 0 Å². The molecule has 105 heavy (non-hydrogen) atoms. The maximum Gasteiger partial charge on any atom is 0.472 e. The van der Waals surface area contributed by atoms with E-state index in [2.05, 4.69) is 55.4 Å². The Kier molecular flexibility index (Phi) is 73.4. The van der Waals surface area contributed by atoms with Gasteiger partial charge in [0.15, 0.2) is 12.2 Å². The molecule has 19 heteroatoms. The van der Waals surface area contributed by atoms with Crippen molar-refractivity contribution in [2.75, 3.05) is 39.6 Å². The second-order valence-corrected chi connectivity index (χ2v) is 35.5. The number of phosphoric acid groups is 2. The highest BCUT2D eigenvalue weighted by molar-refractivity contribution is 7.47. The van der Waals surface area contributed by atoms with Gasteiger partial charge in [-0.3, -0.25) is 37.3 Å². The summed E-state index contributed by atoms with van der Waals surface area (Å²) in [5.74, 6) is 1.08. The number of aliphatic hydroxyl groups is 1. The SMILES string of the molecule is CCC(C)CCCCCCCCCCCCC(=O)O[C@H](COC(=O)CCCCCCCCCCCCC(C)C)COP(=O)(O)OC[C@H](O)COP(=O)(O)OC[C@@H](COC(=O)CCCCCCCCCCCCCCCCCCC(C)C)OC(=O)CCCCCCCCCCCCCCCCCCC(C)C. The first-order valence-electron chi connectivity index (χ1n) is 44.2. The van der Waals surface area contributed by atoms with Crippen LogP contribution in [0.2, 0.25) is 0 Å². The molecule has 0 aromatic heterocycles. The lowest BCUT2D eigenvalue weighted by Gasteiger charge is -2.21. The normalized spacial score (nSPS) is 14.2. The van der Waals surface area contributed by atoms with E-state index in [4.69, 9.17) is 37.0 Å². The molecule has 0 spiro atoms. The van der Waals surface area contributed by atoms with E-state index in [1.54, 1.807) is 0 Å². The van der Waals surface area contributed by atoms with Gasteiger partial charge in [0.1, 0.15) is 19.3 Å². The molecule has 3 unspecified atom stereocenters. The fraction of sp³-hybridized carbons (Fsp3) is 0.953. The molecule has 0 aliphatic heterocycles. The van der Waals surface area contributed by atoms with E-state index >= 15 is 0 Å². The summed E-state index contributed by atoms with van der Waals surface area (Å²) in [6.07, 6.45) is 63.7. The fourth-order valence-corrected chi connectivity index (χ4v) is 14.9. The van der Waals surface area contributed by atoms with Crippen molar-refractivity contribution >= 4 is 39.5 Å². The molecular weight excluding hydrogens is 1370 g/mol. The first-order valence-corrected chi connectivity index (χ1v) is 47.2. The molecule has 0 aliphatic rings. The van der Waals surface area contributed by atoms with Crippen molar-refractivity contribution in [1.29, 1.82) is 0 Å². The Labute approximate surface area is 645 Å². The van der Waals surface area contributed by atoms with E-state index in [9.17, 15) is 43.2 Å². The maximum absolute atomic E-state index is 13.2. The number of aliphatic hydroxyl groups excluding tert-OH is 1. The summed E-state index contributed by atoms with van der Waals surface area (Å²) in [5, 5.41) is 10.7. The average molecular weight is 1540 g/mol. The van der Waals surface area contributed by atoms with E-state index in [0.29, 0.717) is 25.7 Å². The quantitative estimate of drug-likeness (QED) is 0.0222. The van der Waals surface area contributed by atoms with Crippen LogP contribution in [0, 0.1) is 23.7 Å². The third-order valence-corrected chi connectivity index (χ3v) is 22.3. The highest BCUT2D eigenvalue weighted by atomic mass is 31.2. The summed E-state index contributed by atoms with van der Waals surface area (Å²) in [7, 11) is -9.93. The zero-order chi connectivity index (χ0) is 77.4. The molecule has 17 nitrogen and oxygen atoms in total. The second-order valence-electron chi connectivity index (χ2n) is 32.6. The van der Waals surface area contributed by atoms with Crippen LogP contribution < -0.4 is 0 Å². The van der Waals surface area contributed by atoms with E-state index < -0.39 is 97.5 Å². The maximum atomic E-state index is 13.2. The van der Waals surface area contributed by atoms with Crippen molar-refractivity contribution < 1.29 is 80.2 Å². The zero-order valence-corrected chi connectivity index (χ0v) is 71.2. The van der Waals surface area contributed by atoms with Crippen LogP contribution in [0.25, 0.3) is 0 Å². The predicted molar refractivity (Wildman–Crippen MR) is 432 cm³/mol. The summed E-state index contributed by atoms with van der Waals surface area (Å²) in [4.78, 5) is 73.3. The molecule has 3 N–H and O–H groups in total. The number of unbranched alkanes of at least 4 members (excludes halogenated alkanes) is 48. The minimum atomic E-state index is -4.97. The van der Waals surface area contributed by atoms with Crippen LogP contribution in [0.1, 0.15) is 447 Å². The molecule has 0 radical (unpaired) electrons. The average Bonchev–Trinajstić information content (AvgIpc) is 0.958. The van der Waals surface area contributed by atoms with E-state index in [1.807, 2.05) is 0 Å². The molecule has 0 rings (SSSR count). The van der Waals surface area contributed by atoms with Crippen LogP contribution in [-0.4, -0.2) is 96.7 Å². The number of hydrogen-bond acceptors (Lipinski definition) is 15. The monoisotopic (exact) mass is 1540 g/mol. The molecule has 0 saturated carbocycles. The van der Waals surface area contributed by atoms with Crippen LogP contribution in [0.5, 0.6) is 0 Å². The van der Waals surface area contributed by atoms with Gasteiger partial charge in [-0.15, -0.1) is 0 Å². The van der Waals surface area contributed by atoms with Gasteiger partial charge in [0.25, 0.3) is 0 Å². The van der Waals surface area contributed by atoms with Crippen molar-refractivity contribution in [3.05, 3.63) is 0 Å². The lowest BCUT2D eigenvalue weighted by Crippen LogP contribution is -2.30. The lowest BCUT2D eigenvalue weighted by molar-refractivity contribution is -0.161. The number of carbonyl (C=O) groups excluding carboxylic acids is 4. The number of phosphoric ester groups is 2. The molecule has 0 bridgehead atoms. The van der Waals surface area contributed by atoms with Crippen LogP contribution in [0.15, 0.2) is 0 Å². The third kappa shape index (κ3) is 78.5. The van der Waals surface area contributed by atoms with Gasteiger partial charge in [0.2, 0.25) is 0 Å². The minimum Gasteiger partial charge on any atom is -0.462 e. The summed E-state index contributed by atoms with van der Waals surface area (Å²) < 4.78 is 68.9. The Morgan fingerprint density at radius 2 is 0.457 bits per heavy atom. The summed E-state index contributed by atoms with van der Waals surface area (Å²) >= 11 is 0. The van der Waals surface area contributed by atoms with E-state index in [-0.39, 0.29) is 25.7 Å². The summed E-state index contributed by atoms with van der Waals surface area (Å²) in [6.45, 7) is 14.4. The van der Waals surface area contributed by atoms with Crippen molar-refractivity contribution in [1.82, 2.24) is 0 Å². The summed E-state index contributed by atoms with van der Waals surface area (Å²) in [6, 6.07) is 0. The number of hydrogen-bond donors (Lipinski definition) is 3. The van der Waals surface area contributed by atoms with Gasteiger partial charge in [0.05, 0.1) is 26.4 Å². The molecule has 0 aromatic carbocycles. The van der Waals surface area contributed by atoms with E-state index in [1.165, 1.54) is 250 Å². The summed E-state index contributed by atoms with van der Waals surface area (Å²) in [5.41, 5.74) is 0. The Morgan fingerprint density at radius 1 is 0.267 bits per heavy atom. The third-order valence-electron chi connectivity index (χ3n) is 20.4. The van der Waals surface area contributed by atoms with Crippen LogP contribution in [-0.2, 0) is 65.4 Å². The van der Waals surface area contributed by atoms with Gasteiger partial charge in [-0.2, -0.15) is 0 Å². The number of ether oxygens (including phenoxy) is 4. The first-order chi connectivity index (χ1) is 50.6. The topological polar surface area (TPSA) is 237 Å². The van der Waals surface area contributed by atoms with Crippen molar-refractivity contribution in [2.24, 2.45) is 23.7 Å². The molecule has 6 atom stereocenters. The number of rotatable bonds is 83. The predicted octanol–water partition coefficient (Wildman–Crippen LogP) is 25.9. The van der Waals surface area contributed by atoms with Gasteiger partial charge in [-0.05, 0) is 49.4 Å². The smallest absolute Gasteiger partial charge is 0.462 e. The van der Waals surface area contributed by atoms with Crippen molar-refractivity contribution in [3.8, 4) is 0 Å². The Hall–Kier alpha value is -1.94. The highest BCUT2D eigenvalue weighted by Crippen LogP contribution is 2.45. The molecule has 0 aliphatic carbocycles. The highest BCUT2D eigenvalue weighted by Gasteiger charge is 2.31. The van der Waals surface area contributed by atoms with Gasteiger partial charge >= 0.3 is 39.5 Å². The van der Waals surface area contributed by atoms with Gasteiger partial charge in [-0.25, -0.2) is 9.13 Å². The Balaban J connectivity index is 5.27. The second kappa shape index (κ2) is 74.8. The molecular formula is C86H168O17P2. The standard InChI is InChI=1S/C86H168O17P2/c1-9-79(8)65-57-49-41-33-27-29-37-45-53-61-69-86(91)103-82(73-97-84(89)67-59-51-43-35-28-26-32-40-48-56-64-78(6)7)75-101-105(94,95)99-71-80(87)70-98-104(92,93)100-74-81(102-85(90)68-60-52-44-36-25-21-17-13-11-15-19-23-31-39-47-55-63-77(4)5)72-96-83(88)66-58-50-42-34-24-20-16-12-10-14-18-22-30-38-46-54-62-76(2)3/h76-82,87H,9-75H2,1-8H3,(H,92,93)(H,94,95)/t79?,80-,81-,82-/m1/s1. The van der Waals surface area contributed by atoms with Crippen molar-refractivity contribution in [2.45, 2.75) is 465 Å². The Morgan fingerprint density at radius 3 is 0.676 bits per heavy atom. The molecule has 624 valence electrons. The van der Waals surface area contributed by atoms with Gasteiger partial charge in [-0.1, -0.05) is 396 Å². The lowest BCUT2D eigenvalue weighted by atomic mass is 9.99. The molecule has 0 saturated heterocycles. The van der Waals surface area contributed by atoms with Gasteiger partial charge in [0, 0.05) is 25.7 Å². The molecule has 0 fully saturated rings.